The lowest BCUT2D eigenvalue weighted by molar-refractivity contribution is -0.133. The molecule has 0 spiro atoms. The Morgan fingerprint density at radius 1 is 0.818 bits per heavy atom. The molecule has 0 radical (unpaired) electrons. The molecule has 0 unspecified atom stereocenters. The molecule has 0 saturated carbocycles. The van der Waals surface area contributed by atoms with Gasteiger partial charge in [0.25, 0.3) is 0 Å². The third-order valence-electron chi connectivity index (χ3n) is 6.13. The van der Waals surface area contributed by atoms with Crippen LogP contribution in [0, 0.1) is 0 Å². The highest BCUT2D eigenvalue weighted by Crippen LogP contribution is 2.33. The molecule has 0 N–H and O–H groups in total. The quantitative estimate of drug-likeness (QED) is 0.659. The fraction of sp³-hybridized carbons (Fsp3) is 0.435. The third kappa shape index (κ3) is 4.64. The lowest BCUT2D eigenvalue weighted by atomic mass is 10.2. The van der Waals surface area contributed by atoms with Crippen LogP contribution in [0.3, 0.4) is 0 Å². The van der Waals surface area contributed by atoms with E-state index in [-0.39, 0.29) is 30.4 Å². The summed E-state index contributed by atoms with van der Waals surface area (Å²) in [7, 11) is -3.68. The zero-order valence-electron chi connectivity index (χ0n) is 18.3. The summed E-state index contributed by atoms with van der Waals surface area (Å²) in [4.78, 5) is 16.9. The molecule has 0 aromatic heterocycles. The minimum atomic E-state index is -3.68. The number of sulfonamides is 1. The van der Waals surface area contributed by atoms with Crippen molar-refractivity contribution in [3.05, 3.63) is 48.0 Å². The second-order valence-electron chi connectivity index (χ2n) is 8.26. The van der Waals surface area contributed by atoms with Gasteiger partial charge in [-0.1, -0.05) is 18.2 Å². The van der Waals surface area contributed by atoms with E-state index in [1.807, 2.05) is 24.3 Å². The Morgan fingerprint density at radius 3 is 2.36 bits per heavy atom. The van der Waals surface area contributed by atoms with Crippen molar-refractivity contribution in [2.75, 3.05) is 59.1 Å². The van der Waals surface area contributed by atoms with E-state index in [9.17, 15) is 13.2 Å². The van der Waals surface area contributed by atoms with Crippen molar-refractivity contribution in [2.45, 2.75) is 11.4 Å². The Morgan fingerprint density at radius 2 is 1.55 bits per heavy atom. The van der Waals surface area contributed by atoms with Crippen molar-refractivity contribution in [1.82, 2.24) is 14.1 Å². The number of fused-ring (bicyclic) bond motifs is 2. The topological polar surface area (TPSA) is 88.6 Å². The fourth-order valence-electron chi connectivity index (χ4n) is 4.32. The summed E-state index contributed by atoms with van der Waals surface area (Å²) in [5.41, 5.74) is 1.07. The van der Waals surface area contributed by atoms with E-state index < -0.39 is 10.0 Å². The number of para-hydroxylation sites is 1. The van der Waals surface area contributed by atoms with Crippen LogP contribution in [-0.4, -0.2) is 87.5 Å². The maximum atomic E-state index is 13.1. The second-order valence-corrected chi connectivity index (χ2v) is 10.2. The number of ether oxygens (including phenoxy) is 3. The van der Waals surface area contributed by atoms with Crippen LogP contribution in [0.5, 0.6) is 17.2 Å². The van der Waals surface area contributed by atoms with Crippen LogP contribution >= 0.6 is 0 Å². The Balaban J connectivity index is 1.19. The SMILES string of the molecule is O=C(CN1CCOc2ccccc2C1)N1CCN(S(=O)(=O)c2ccc3c(c2)OCCO3)CC1. The first kappa shape index (κ1) is 22.0. The lowest BCUT2D eigenvalue weighted by Crippen LogP contribution is -2.52. The van der Waals surface area contributed by atoms with Crippen LogP contribution in [0.25, 0.3) is 0 Å². The molecule has 3 heterocycles. The van der Waals surface area contributed by atoms with Crippen LogP contribution in [0.1, 0.15) is 5.56 Å². The summed E-state index contributed by atoms with van der Waals surface area (Å²) in [6, 6.07) is 12.6. The van der Waals surface area contributed by atoms with Gasteiger partial charge in [0, 0.05) is 50.9 Å². The number of nitrogens with zero attached hydrogens (tertiary/aromatic N) is 3. The van der Waals surface area contributed by atoms with Crippen molar-refractivity contribution in [2.24, 2.45) is 0 Å². The normalized spacial score (nSPS) is 19.3. The molecular formula is C23H27N3O6S. The van der Waals surface area contributed by atoms with Gasteiger partial charge in [0.1, 0.15) is 25.6 Å². The minimum absolute atomic E-state index is 0.00533. The molecule has 3 aliphatic heterocycles. The Kier molecular flexibility index (Phi) is 6.13. The smallest absolute Gasteiger partial charge is 0.243 e. The predicted molar refractivity (Wildman–Crippen MR) is 120 cm³/mol. The lowest BCUT2D eigenvalue weighted by Gasteiger charge is -2.35. The van der Waals surface area contributed by atoms with Crippen LogP contribution < -0.4 is 14.2 Å². The first-order chi connectivity index (χ1) is 16.0. The molecule has 0 bridgehead atoms. The van der Waals surface area contributed by atoms with E-state index in [1.165, 1.54) is 10.4 Å². The van der Waals surface area contributed by atoms with Crippen molar-refractivity contribution in [1.29, 1.82) is 0 Å². The van der Waals surface area contributed by atoms with Gasteiger partial charge < -0.3 is 19.1 Å². The van der Waals surface area contributed by atoms with Gasteiger partial charge in [-0.15, -0.1) is 0 Å². The fourth-order valence-corrected chi connectivity index (χ4v) is 5.76. The van der Waals surface area contributed by atoms with Crippen LogP contribution in [0.15, 0.2) is 47.4 Å². The van der Waals surface area contributed by atoms with E-state index in [0.717, 1.165) is 11.3 Å². The summed E-state index contributed by atoms with van der Waals surface area (Å²) in [5, 5.41) is 0. The van der Waals surface area contributed by atoms with Gasteiger partial charge in [-0.25, -0.2) is 8.42 Å². The number of carbonyl (C=O) groups is 1. The number of hydrogen-bond acceptors (Lipinski definition) is 7. The van der Waals surface area contributed by atoms with Gasteiger partial charge in [0.05, 0.1) is 11.4 Å². The number of carbonyl (C=O) groups excluding carboxylic acids is 1. The highest BCUT2D eigenvalue weighted by molar-refractivity contribution is 7.89. The zero-order valence-corrected chi connectivity index (χ0v) is 19.1. The summed E-state index contributed by atoms with van der Waals surface area (Å²) in [6.45, 7) is 4.23. The van der Waals surface area contributed by atoms with Crippen LogP contribution in [-0.2, 0) is 21.4 Å². The van der Waals surface area contributed by atoms with Gasteiger partial charge in [-0.05, 0) is 18.2 Å². The van der Waals surface area contributed by atoms with E-state index in [1.54, 1.807) is 17.0 Å². The number of hydrogen-bond donors (Lipinski definition) is 0. The molecule has 1 fully saturated rings. The van der Waals surface area contributed by atoms with Crippen LogP contribution in [0.4, 0.5) is 0 Å². The molecular weight excluding hydrogens is 446 g/mol. The Hall–Kier alpha value is -2.82. The maximum Gasteiger partial charge on any atom is 0.243 e. The highest BCUT2D eigenvalue weighted by atomic mass is 32.2. The molecule has 5 rings (SSSR count). The van der Waals surface area contributed by atoms with Crippen molar-refractivity contribution >= 4 is 15.9 Å². The molecule has 0 atom stereocenters. The summed E-state index contributed by atoms with van der Waals surface area (Å²) in [6.07, 6.45) is 0. The number of piperazine rings is 1. The van der Waals surface area contributed by atoms with Gasteiger partial charge in [0.2, 0.25) is 15.9 Å². The molecule has 2 aromatic rings. The molecule has 1 saturated heterocycles. The van der Waals surface area contributed by atoms with E-state index in [4.69, 9.17) is 14.2 Å². The van der Waals surface area contributed by atoms with E-state index in [2.05, 4.69) is 4.90 Å². The van der Waals surface area contributed by atoms with E-state index >= 15 is 0 Å². The summed E-state index contributed by atoms with van der Waals surface area (Å²) >= 11 is 0. The molecule has 10 heteroatoms. The van der Waals surface area contributed by atoms with Gasteiger partial charge in [0.15, 0.2) is 11.5 Å². The van der Waals surface area contributed by atoms with Gasteiger partial charge in [-0.2, -0.15) is 4.31 Å². The van der Waals surface area contributed by atoms with Gasteiger partial charge >= 0.3 is 0 Å². The molecule has 33 heavy (non-hydrogen) atoms. The predicted octanol–water partition coefficient (Wildman–Crippen LogP) is 1.19. The van der Waals surface area contributed by atoms with E-state index in [0.29, 0.717) is 57.5 Å². The highest BCUT2D eigenvalue weighted by Gasteiger charge is 2.31. The molecule has 176 valence electrons. The average molecular weight is 474 g/mol. The summed E-state index contributed by atoms with van der Waals surface area (Å²) in [5.74, 6) is 1.87. The molecule has 2 aromatic carbocycles. The zero-order chi connectivity index (χ0) is 22.8. The maximum absolute atomic E-state index is 13.1. The molecule has 1 amide bonds. The Bertz CT molecular complexity index is 1130. The molecule has 0 aliphatic carbocycles. The van der Waals surface area contributed by atoms with Crippen molar-refractivity contribution in [3.63, 3.8) is 0 Å². The average Bonchev–Trinajstić information content (AvgIpc) is 3.05. The third-order valence-corrected chi connectivity index (χ3v) is 8.03. The molecule has 9 nitrogen and oxygen atoms in total. The molecule has 3 aliphatic rings. The number of rotatable bonds is 4. The number of amides is 1. The second kappa shape index (κ2) is 9.20. The van der Waals surface area contributed by atoms with Crippen LogP contribution in [0.2, 0.25) is 0 Å². The Labute approximate surface area is 193 Å². The number of benzene rings is 2. The van der Waals surface area contributed by atoms with Gasteiger partial charge in [-0.3, -0.25) is 9.69 Å². The monoisotopic (exact) mass is 473 g/mol. The largest absolute Gasteiger partial charge is 0.492 e. The standard InChI is InChI=1S/C23H27N3O6S/c27-23(17-24-11-12-30-20-4-2-1-3-18(20)16-24)25-7-9-26(10-8-25)33(28,29)19-5-6-21-22(15-19)32-14-13-31-21/h1-6,15H,7-14,16-17H2. The summed E-state index contributed by atoms with van der Waals surface area (Å²) < 4.78 is 44.5. The first-order valence-electron chi connectivity index (χ1n) is 11.1. The van der Waals surface area contributed by atoms with Crippen molar-refractivity contribution in [3.8, 4) is 17.2 Å². The first-order valence-corrected chi connectivity index (χ1v) is 12.6. The van der Waals surface area contributed by atoms with Crippen molar-refractivity contribution < 1.29 is 27.4 Å². The minimum Gasteiger partial charge on any atom is -0.492 e.